The molecule has 1 fully saturated rings. The Hall–Kier alpha value is -2.73. The number of hydrogen-bond donors (Lipinski definition) is 0. The van der Waals surface area contributed by atoms with Gasteiger partial charge < -0.3 is 14.5 Å². The minimum atomic E-state index is -0.629. The summed E-state index contributed by atoms with van der Waals surface area (Å²) in [6.45, 7) is 2.88. The zero-order valence-electron chi connectivity index (χ0n) is 14.7. The van der Waals surface area contributed by atoms with Crippen LogP contribution in [0.3, 0.4) is 0 Å². The molecule has 2 amide bonds. The molecule has 0 N–H and O–H groups in total. The topological polar surface area (TPSA) is 62.7 Å². The molecule has 0 spiro atoms. The fourth-order valence-electron chi connectivity index (χ4n) is 3.70. The van der Waals surface area contributed by atoms with Crippen LogP contribution >= 0.6 is 0 Å². The second kappa shape index (κ2) is 6.88. The highest BCUT2D eigenvalue weighted by molar-refractivity contribution is 6.01. The van der Waals surface area contributed by atoms with E-state index in [4.69, 9.17) is 4.74 Å². The Morgan fingerprint density at radius 1 is 1.27 bits per heavy atom. The summed E-state index contributed by atoms with van der Waals surface area (Å²) in [6.07, 6.45) is 3.92. The van der Waals surface area contributed by atoms with Gasteiger partial charge in [-0.1, -0.05) is 30.3 Å². The molecule has 1 aromatic carbocycles. The monoisotopic (exact) mass is 351 g/mol. The minimum Gasteiger partial charge on any atom is -0.366 e. The van der Waals surface area contributed by atoms with E-state index in [2.05, 4.69) is 4.98 Å². The number of hydrogen-bond acceptors (Lipinski definition) is 4. The van der Waals surface area contributed by atoms with Crippen molar-refractivity contribution in [2.75, 3.05) is 18.1 Å². The van der Waals surface area contributed by atoms with E-state index in [0.717, 1.165) is 23.2 Å². The first kappa shape index (κ1) is 16.7. The Morgan fingerprint density at radius 2 is 2.08 bits per heavy atom. The van der Waals surface area contributed by atoms with Crippen molar-refractivity contribution >= 4 is 17.5 Å². The first-order valence-corrected chi connectivity index (χ1v) is 8.84. The summed E-state index contributed by atoms with van der Waals surface area (Å²) in [5.74, 6) is -0.245. The third-order valence-corrected chi connectivity index (χ3v) is 5.06. The molecular formula is C20H21N3O3. The molecule has 6 nitrogen and oxygen atoms in total. The lowest BCUT2D eigenvalue weighted by molar-refractivity contribution is -0.162. The SMILES string of the molecule is C[C@H]1OCC(=O)N(Cc2ccccc2)[C@@H]1C(=O)N1CCc2cnccc21. The summed E-state index contributed by atoms with van der Waals surface area (Å²) in [5.41, 5.74) is 2.94. The zero-order valence-corrected chi connectivity index (χ0v) is 14.7. The Bertz CT molecular complexity index is 824. The number of carbonyl (C=O) groups is 2. The third kappa shape index (κ3) is 2.97. The number of amides is 2. The molecule has 134 valence electrons. The van der Waals surface area contributed by atoms with Gasteiger partial charge in [0.25, 0.3) is 5.91 Å². The maximum Gasteiger partial charge on any atom is 0.252 e. The fraction of sp³-hybridized carbons (Fsp3) is 0.350. The summed E-state index contributed by atoms with van der Waals surface area (Å²) in [6, 6.07) is 11.0. The third-order valence-electron chi connectivity index (χ3n) is 5.06. The highest BCUT2D eigenvalue weighted by Crippen LogP contribution is 2.30. The van der Waals surface area contributed by atoms with E-state index in [9.17, 15) is 9.59 Å². The molecule has 0 bridgehead atoms. The van der Waals surface area contributed by atoms with Crippen molar-refractivity contribution in [2.24, 2.45) is 0 Å². The smallest absolute Gasteiger partial charge is 0.252 e. The molecule has 0 saturated carbocycles. The number of pyridine rings is 1. The molecule has 1 aromatic heterocycles. The molecule has 3 heterocycles. The van der Waals surface area contributed by atoms with E-state index >= 15 is 0 Å². The van der Waals surface area contributed by atoms with Gasteiger partial charge >= 0.3 is 0 Å². The van der Waals surface area contributed by atoms with Gasteiger partial charge in [0.15, 0.2) is 0 Å². The van der Waals surface area contributed by atoms with Gasteiger partial charge in [-0.3, -0.25) is 14.6 Å². The van der Waals surface area contributed by atoms with Gasteiger partial charge in [0.2, 0.25) is 5.91 Å². The highest BCUT2D eigenvalue weighted by atomic mass is 16.5. The van der Waals surface area contributed by atoms with Crippen molar-refractivity contribution in [3.8, 4) is 0 Å². The average Bonchev–Trinajstić information content (AvgIpc) is 3.09. The first-order chi connectivity index (χ1) is 12.6. The van der Waals surface area contributed by atoms with Crippen LogP contribution < -0.4 is 4.90 Å². The van der Waals surface area contributed by atoms with E-state index in [0.29, 0.717) is 13.1 Å². The van der Waals surface area contributed by atoms with Crippen LogP contribution in [0.2, 0.25) is 0 Å². The van der Waals surface area contributed by atoms with Gasteiger partial charge in [0.1, 0.15) is 12.6 Å². The van der Waals surface area contributed by atoms with Crippen molar-refractivity contribution in [3.05, 3.63) is 59.9 Å². The zero-order chi connectivity index (χ0) is 18.1. The lowest BCUT2D eigenvalue weighted by Gasteiger charge is -2.40. The number of nitrogens with zero attached hydrogens (tertiary/aromatic N) is 3. The predicted molar refractivity (Wildman–Crippen MR) is 96.5 cm³/mol. The molecule has 2 aliphatic heterocycles. The van der Waals surface area contributed by atoms with Crippen molar-refractivity contribution in [1.82, 2.24) is 9.88 Å². The van der Waals surface area contributed by atoms with E-state index in [1.165, 1.54) is 0 Å². The normalized spacial score (nSPS) is 22.4. The fourth-order valence-corrected chi connectivity index (χ4v) is 3.70. The van der Waals surface area contributed by atoms with Gasteiger partial charge in [-0.05, 0) is 30.5 Å². The number of morpholine rings is 1. The van der Waals surface area contributed by atoms with Crippen LogP contribution in [-0.4, -0.2) is 47.0 Å². The highest BCUT2D eigenvalue weighted by Gasteiger charge is 2.42. The van der Waals surface area contributed by atoms with Crippen LogP contribution in [0, 0.1) is 0 Å². The molecule has 0 aliphatic carbocycles. The standard InChI is InChI=1S/C20H21N3O3/c1-14-19(20(25)22-10-8-16-11-21-9-7-17(16)22)23(18(24)13-26-14)12-15-5-3-2-4-6-15/h2-7,9,11,14,19H,8,10,12-13H2,1H3/t14-,19+/m1/s1. The number of aromatic nitrogens is 1. The van der Waals surface area contributed by atoms with E-state index in [1.807, 2.05) is 43.3 Å². The van der Waals surface area contributed by atoms with Crippen molar-refractivity contribution < 1.29 is 14.3 Å². The lowest BCUT2D eigenvalue weighted by Crippen LogP contribution is -2.60. The Labute approximate surface area is 152 Å². The van der Waals surface area contributed by atoms with Crippen LogP contribution in [0.15, 0.2) is 48.8 Å². The molecule has 2 atom stereocenters. The number of ether oxygens (including phenoxy) is 1. The molecule has 1 saturated heterocycles. The number of benzene rings is 1. The van der Waals surface area contributed by atoms with Crippen LogP contribution in [-0.2, 0) is 27.3 Å². The second-order valence-electron chi connectivity index (χ2n) is 6.71. The maximum atomic E-state index is 13.4. The molecule has 0 unspecified atom stereocenters. The Kier molecular flexibility index (Phi) is 4.42. The molecule has 2 aliphatic rings. The number of carbonyl (C=O) groups excluding carboxylic acids is 2. The maximum absolute atomic E-state index is 13.4. The number of fused-ring (bicyclic) bond motifs is 1. The van der Waals surface area contributed by atoms with Gasteiger partial charge in [-0.25, -0.2) is 0 Å². The molecular weight excluding hydrogens is 330 g/mol. The van der Waals surface area contributed by atoms with Crippen molar-refractivity contribution in [2.45, 2.75) is 32.0 Å². The predicted octanol–water partition coefficient (Wildman–Crippen LogP) is 1.79. The lowest BCUT2D eigenvalue weighted by atomic mass is 10.0. The summed E-state index contributed by atoms with van der Waals surface area (Å²) < 4.78 is 5.59. The summed E-state index contributed by atoms with van der Waals surface area (Å²) in [4.78, 5) is 33.4. The van der Waals surface area contributed by atoms with Gasteiger partial charge in [-0.15, -0.1) is 0 Å². The second-order valence-corrected chi connectivity index (χ2v) is 6.71. The van der Waals surface area contributed by atoms with Crippen LogP contribution in [0.5, 0.6) is 0 Å². The largest absolute Gasteiger partial charge is 0.366 e. The molecule has 26 heavy (non-hydrogen) atoms. The number of rotatable bonds is 3. The quantitative estimate of drug-likeness (QED) is 0.846. The van der Waals surface area contributed by atoms with Crippen molar-refractivity contribution in [1.29, 1.82) is 0 Å². The first-order valence-electron chi connectivity index (χ1n) is 8.84. The van der Waals surface area contributed by atoms with Crippen molar-refractivity contribution in [3.63, 3.8) is 0 Å². The number of anilines is 1. The van der Waals surface area contributed by atoms with Crippen LogP contribution in [0.1, 0.15) is 18.1 Å². The molecule has 2 aromatic rings. The summed E-state index contributed by atoms with van der Waals surface area (Å²) in [5, 5.41) is 0. The van der Waals surface area contributed by atoms with Gasteiger partial charge in [-0.2, -0.15) is 0 Å². The van der Waals surface area contributed by atoms with E-state index in [1.54, 1.807) is 22.2 Å². The van der Waals surface area contributed by atoms with Crippen LogP contribution in [0.25, 0.3) is 0 Å². The van der Waals surface area contributed by atoms with Crippen LogP contribution in [0.4, 0.5) is 5.69 Å². The minimum absolute atomic E-state index is 0.0122. The molecule has 0 radical (unpaired) electrons. The van der Waals surface area contributed by atoms with E-state index in [-0.39, 0.29) is 24.5 Å². The van der Waals surface area contributed by atoms with E-state index < -0.39 is 6.04 Å². The Balaban J connectivity index is 1.63. The Morgan fingerprint density at radius 3 is 2.88 bits per heavy atom. The summed E-state index contributed by atoms with van der Waals surface area (Å²) >= 11 is 0. The molecule has 6 heteroatoms. The molecule has 4 rings (SSSR count). The average molecular weight is 351 g/mol. The summed E-state index contributed by atoms with van der Waals surface area (Å²) in [7, 11) is 0. The van der Waals surface area contributed by atoms with Gasteiger partial charge in [0, 0.05) is 25.5 Å². The van der Waals surface area contributed by atoms with Gasteiger partial charge in [0.05, 0.1) is 11.8 Å².